The molecular formula is C26H33N7O2. The summed E-state index contributed by atoms with van der Waals surface area (Å²) < 4.78 is 0. The maximum atomic E-state index is 12.4. The first-order valence-electron chi connectivity index (χ1n) is 12.1. The second kappa shape index (κ2) is 10.4. The predicted molar refractivity (Wildman–Crippen MR) is 133 cm³/mol. The summed E-state index contributed by atoms with van der Waals surface area (Å²) in [4.78, 5) is 24.9. The minimum absolute atomic E-state index is 0.101. The van der Waals surface area contributed by atoms with Crippen LogP contribution < -0.4 is 16.4 Å². The molecule has 4 rings (SSSR count). The molecule has 1 aliphatic rings. The van der Waals surface area contributed by atoms with Gasteiger partial charge in [-0.1, -0.05) is 31.9 Å². The second-order valence-electron chi connectivity index (χ2n) is 9.16. The number of fused-ring (bicyclic) bond motifs is 2. The van der Waals surface area contributed by atoms with Crippen molar-refractivity contribution in [2.75, 3.05) is 14.1 Å². The van der Waals surface area contributed by atoms with Gasteiger partial charge in [0.15, 0.2) is 5.82 Å². The number of H-pyrrole nitrogens is 1. The number of hydrogen-bond acceptors (Lipinski definition) is 6. The average molecular weight is 476 g/mol. The van der Waals surface area contributed by atoms with Crippen LogP contribution in [0.4, 0.5) is 0 Å². The van der Waals surface area contributed by atoms with Crippen molar-refractivity contribution in [2.45, 2.75) is 56.9 Å². The lowest BCUT2D eigenvalue weighted by Gasteiger charge is -2.36. The fourth-order valence-electron chi connectivity index (χ4n) is 5.29. The monoisotopic (exact) mass is 475 g/mol. The molecule has 9 nitrogen and oxygen atoms in total. The molecule has 2 amide bonds. The molecule has 0 unspecified atom stereocenters. The summed E-state index contributed by atoms with van der Waals surface area (Å²) in [7, 11) is 3.25. The number of aromatic nitrogens is 4. The van der Waals surface area contributed by atoms with E-state index >= 15 is 0 Å². The highest BCUT2D eigenvalue weighted by Gasteiger charge is 2.45. The number of benzene rings is 2. The number of nitrogens with one attached hydrogen (secondary N) is 3. The summed E-state index contributed by atoms with van der Waals surface area (Å²) >= 11 is 0. The van der Waals surface area contributed by atoms with Crippen molar-refractivity contribution >= 4 is 11.8 Å². The molecule has 0 fully saturated rings. The fourth-order valence-corrected chi connectivity index (χ4v) is 5.29. The minimum atomic E-state index is -0.750. The summed E-state index contributed by atoms with van der Waals surface area (Å²) in [5.41, 5.74) is 11.3. The molecule has 1 aromatic heterocycles. The minimum Gasteiger partial charge on any atom is -0.355 e. The molecule has 1 heterocycles. The van der Waals surface area contributed by atoms with Crippen LogP contribution in [0.1, 0.15) is 81.4 Å². The Bertz CT molecular complexity index is 1140. The van der Waals surface area contributed by atoms with E-state index in [4.69, 9.17) is 5.73 Å². The summed E-state index contributed by atoms with van der Waals surface area (Å²) in [6.45, 7) is 2.15. The van der Waals surface area contributed by atoms with Crippen molar-refractivity contribution in [3.63, 3.8) is 0 Å². The van der Waals surface area contributed by atoms with Crippen LogP contribution in [0.2, 0.25) is 0 Å². The average Bonchev–Trinajstić information content (AvgIpc) is 3.39. The van der Waals surface area contributed by atoms with Crippen LogP contribution in [-0.2, 0) is 18.3 Å². The number of aryl methyl sites for hydroxylation is 2. The number of unbranched alkanes of at least 4 members (excludes halogenated alkanes) is 1. The Balaban J connectivity index is 1.98. The molecule has 1 aliphatic carbocycles. The number of nitrogens with zero attached hydrogens (tertiary/aromatic N) is 3. The first-order chi connectivity index (χ1) is 16.9. The molecular weight excluding hydrogens is 442 g/mol. The zero-order chi connectivity index (χ0) is 25.0. The third-order valence-corrected chi connectivity index (χ3v) is 7.02. The molecule has 0 spiro atoms. The number of amides is 2. The third-order valence-electron chi connectivity index (χ3n) is 7.02. The lowest BCUT2D eigenvalue weighted by atomic mass is 9.67. The topological polar surface area (TPSA) is 139 Å². The van der Waals surface area contributed by atoms with Crippen LogP contribution in [0, 0.1) is 0 Å². The molecule has 0 saturated carbocycles. The smallest absolute Gasteiger partial charge is 0.251 e. The number of tetrazole rings is 1. The number of carbonyl (C=O) groups excluding carboxylic acids is 2. The van der Waals surface area contributed by atoms with Crippen molar-refractivity contribution in [3.05, 3.63) is 75.6 Å². The van der Waals surface area contributed by atoms with Crippen LogP contribution in [0.15, 0.2) is 36.4 Å². The van der Waals surface area contributed by atoms with Gasteiger partial charge in [0, 0.05) is 31.3 Å². The molecule has 0 bridgehead atoms. The SMILES string of the molecule is CCCC[C@H](N)CC1(c2nnn[nH]2)c2ccc(C(=O)NC)cc2CCc2cc(C(=O)NC)ccc21. The van der Waals surface area contributed by atoms with E-state index in [9.17, 15) is 9.59 Å². The highest BCUT2D eigenvalue weighted by molar-refractivity contribution is 5.95. The highest BCUT2D eigenvalue weighted by atomic mass is 16.2. The van der Waals surface area contributed by atoms with Gasteiger partial charge in [-0.25, -0.2) is 5.10 Å². The predicted octanol–water partition coefficient (Wildman–Crippen LogP) is 2.26. The van der Waals surface area contributed by atoms with Gasteiger partial charge in [0.2, 0.25) is 0 Å². The quantitative estimate of drug-likeness (QED) is 0.394. The Morgan fingerprint density at radius 3 is 2.06 bits per heavy atom. The Labute approximate surface area is 205 Å². The van der Waals surface area contributed by atoms with Gasteiger partial charge in [0.25, 0.3) is 11.8 Å². The molecule has 9 heteroatoms. The molecule has 35 heavy (non-hydrogen) atoms. The summed E-state index contributed by atoms with van der Waals surface area (Å²) in [6.07, 6.45) is 4.95. The van der Waals surface area contributed by atoms with E-state index in [2.05, 4.69) is 38.2 Å². The molecule has 5 N–H and O–H groups in total. The molecule has 1 atom stereocenters. The van der Waals surface area contributed by atoms with Gasteiger partial charge >= 0.3 is 0 Å². The van der Waals surface area contributed by atoms with Gasteiger partial charge in [0.05, 0.1) is 5.41 Å². The summed E-state index contributed by atoms with van der Waals surface area (Å²) in [5, 5.41) is 20.7. The van der Waals surface area contributed by atoms with Gasteiger partial charge < -0.3 is 16.4 Å². The van der Waals surface area contributed by atoms with Gasteiger partial charge in [-0.05, 0) is 82.6 Å². The molecule has 0 saturated heterocycles. The molecule has 184 valence electrons. The first kappa shape index (κ1) is 24.5. The van der Waals surface area contributed by atoms with Gasteiger partial charge in [-0.2, -0.15) is 0 Å². The normalized spacial score (nSPS) is 14.9. The zero-order valence-corrected chi connectivity index (χ0v) is 20.5. The standard InChI is InChI=1S/C26H33N7O2/c1-4-5-6-20(27)15-26(25-30-32-33-31-25)21-11-9-18(23(34)28-2)13-16(21)7-8-17-14-19(24(35)29-3)10-12-22(17)26/h9-14,20H,4-8,15,27H2,1-3H3,(H,28,34)(H,29,35)(H,30,31,32,33)/t20-/m0/s1. The van der Waals surface area contributed by atoms with Crippen molar-refractivity contribution in [1.29, 1.82) is 0 Å². The van der Waals surface area contributed by atoms with Gasteiger partial charge in [-0.15, -0.1) is 5.10 Å². The van der Waals surface area contributed by atoms with Gasteiger partial charge in [-0.3, -0.25) is 9.59 Å². The summed E-state index contributed by atoms with van der Waals surface area (Å²) in [5.74, 6) is 0.334. The Hall–Kier alpha value is -3.59. The van der Waals surface area contributed by atoms with E-state index in [1.807, 2.05) is 36.4 Å². The molecule has 3 aromatic rings. The van der Waals surface area contributed by atoms with Crippen LogP contribution in [0.5, 0.6) is 0 Å². The number of rotatable bonds is 8. The highest BCUT2D eigenvalue weighted by Crippen LogP contribution is 2.47. The second-order valence-corrected chi connectivity index (χ2v) is 9.16. The zero-order valence-electron chi connectivity index (χ0n) is 20.5. The van der Waals surface area contributed by atoms with E-state index < -0.39 is 5.41 Å². The number of carbonyl (C=O) groups is 2. The summed E-state index contributed by atoms with van der Waals surface area (Å²) in [6, 6.07) is 11.5. The number of hydrogen-bond donors (Lipinski definition) is 4. The van der Waals surface area contributed by atoms with E-state index in [0.717, 1.165) is 41.5 Å². The van der Waals surface area contributed by atoms with Crippen LogP contribution in [0.3, 0.4) is 0 Å². The van der Waals surface area contributed by atoms with Crippen molar-refractivity contribution in [1.82, 2.24) is 31.3 Å². The Morgan fingerprint density at radius 1 is 1.03 bits per heavy atom. The largest absolute Gasteiger partial charge is 0.355 e. The van der Waals surface area contributed by atoms with Crippen LogP contribution in [0.25, 0.3) is 0 Å². The lowest BCUT2D eigenvalue weighted by Crippen LogP contribution is -2.39. The molecule has 2 aromatic carbocycles. The third kappa shape index (κ3) is 4.55. The molecule has 0 aliphatic heterocycles. The maximum Gasteiger partial charge on any atom is 0.251 e. The fraction of sp³-hybridized carbons (Fsp3) is 0.423. The van der Waals surface area contributed by atoms with Crippen LogP contribution >= 0.6 is 0 Å². The maximum absolute atomic E-state index is 12.4. The molecule has 0 radical (unpaired) electrons. The number of nitrogens with two attached hydrogens (primary N) is 1. The van der Waals surface area contributed by atoms with E-state index in [0.29, 0.717) is 36.2 Å². The van der Waals surface area contributed by atoms with Crippen molar-refractivity contribution in [2.24, 2.45) is 5.73 Å². The Morgan fingerprint density at radius 2 is 1.60 bits per heavy atom. The van der Waals surface area contributed by atoms with E-state index in [1.165, 1.54) is 0 Å². The number of aromatic amines is 1. The van der Waals surface area contributed by atoms with Crippen LogP contribution in [-0.4, -0.2) is 52.6 Å². The van der Waals surface area contributed by atoms with Crippen molar-refractivity contribution in [3.8, 4) is 0 Å². The lowest BCUT2D eigenvalue weighted by molar-refractivity contribution is 0.0955. The van der Waals surface area contributed by atoms with E-state index in [-0.39, 0.29) is 17.9 Å². The van der Waals surface area contributed by atoms with E-state index in [1.54, 1.807) is 14.1 Å². The Kier molecular flexibility index (Phi) is 7.25. The van der Waals surface area contributed by atoms with Crippen molar-refractivity contribution < 1.29 is 9.59 Å². The van der Waals surface area contributed by atoms with Gasteiger partial charge in [0.1, 0.15) is 0 Å². The first-order valence-corrected chi connectivity index (χ1v) is 12.1.